The molecular weight excluding hydrogens is 252 g/mol. The third kappa shape index (κ3) is 3.10. The molecule has 1 aromatic carbocycles. The van der Waals surface area contributed by atoms with Crippen LogP contribution in [0.1, 0.15) is 11.3 Å². The molecule has 2 aromatic rings. The van der Waals surface area contributed by atoms with Crippen LogP contribution in [0, 0.1) is 6.92 Å². The normalized spacial score (nSPS) is 11.9. The van der Waals surface area contributed by atoms with E-state index in [2.05, 4.69) is 5.16 Å². The van der Waals surface area contributed by atoms with Crippen molar-refractivity contribution in [3.63, 3.8) is 0 Å². The van der Waals surface area contributed by atoms with E-state index >= 15 is 0 Å². The highest BCUT2D eigenvalue weighted by molar-refractivity contribution is 5.85. The first-order valence-electron chi connectivity index (χ1n) is 5.59. The standard InChI is InChI=1S/C13H16N2O2.ClH/c1-9-12(7-11(14)8-16)13(15-17-9)10-5-3-2-4-6-10;/h2-6,11,16H,7-8,14H2,1H3;1H. The molecule has 0 fully saturated rings. The van der Waals surface area contributed by atoms with Gasteiger partial charge in [0.1, 0.15) is 11.5 Å². The Morgan fingerprint density at radius 3 is 2.61 bits per heavy atom. The lowest BCUT2D eigenvalue weighted by Gasteiger charge is -2.08. The van der Waals surface area contributed by atoms with E-state index < -0.39 is 0 Å². The number of aliphatic hydroxyl groups is 1. The fraction of sp³-hybridized carbons (Fsp3) is 0.308. The van der Waals surface area contributed by atoms with Gasteiger partial charge in [-0.1, -0.05) is 35.5 Å². The molecule has 0 bridgehead atoms. The molecule has 0 spiro atoms. The van der Waals surface area contributed by atoms with Gasteiger partial charge in [-0.15, -0.1) is 12.4 Å². The molecule has 1 atom stereocenters. The predicted octanol–water partition coefficient (Wildman–Crippen LogP) is 1.93. The Labute approximate surface area is 112 Å². The maximum Gasteiger partial charge on any atom is 0.137 e. The molecule has 2 rings (SSSR count). The van der Waals surface area contributed by atoms with Gasteiger partial charge < -0.3 is 15.4 Å². The van der Waals surface area contributed by atoms with E-state index in [1.165, 1.54) is 0 Å². The smallest absolute Gasteiger partial charge is 0.137 e. The Morgan fingerprint density at radius 2 is 2.00 bits per heavy atom. The molecule has 0 aliphatic carbocycles. The van der Waals surface area contributed by atoms with Crippen LogP contribution < -0.4 is 5.73 Å². The van der Waals surface area contributed by atoms with Crippen LogP contribution in [0.5, 0.6) is 0 Å². The van der Waals surface area contributed by atoms with Gasteiger partial charge in [0.05, 0.1) is 6.61 Å². The zero-order chi connectivity index (χ0) is 12.3. The average molecular weight is 269 g/mol. The first-order valence-corrected chi connectivity index (χ1v) is 5.59. The van der Waals surface area contributed by atoms with Gasteiger partial charge in [0.25, 0.3) is 0 Å². The Hall–Kier alpha value is -1.36. The van der Waals surface area contributed by atoms with Gasteiger partial charge in [-0.2, -0.15) is 0 Å². The van der Waals surface area contributed by atoms with Crippen LogP contribution in [-0.2, 0) is 6.42 Å². The molecule has 0 aliphatic heterocycles. The number of hydrogen-bond acceptors (Lipinski definition) is 4. The first-order chi connectivity index (χ1) is 8.22. The second-order valence-electron chi connectivity index (χ2n) is 4.08. The van der Waals surface area contributed by atoms with Crippen molar-refractivity contribution in [3.8, 4) is 11.3 Å². The summed E-state index contributed by atoms with van der Waals surface area (Å²) in [6.45, 7) is 1.82. The van der Waals surface area contributed by atoms with Gasteiger partial charge in [0.2, 0.25) is 0 Å². The minimum Gasteiger partial charge on any atom is -0.395 e. The van der Waals surface area contributed by atoms with Gasteiger partial charge in [-0.3, -0.25) is 0 Å². The molecule has 98 valence electrons. The van der Waals surface area contributed by atoms with Gasteiger partial charge in [0, 0.05) is 17.2 Å². The van der Waals surface area contributed by atoms with Crippen LogP contribution in [0.25, 0.3) is 11.3 Å². The third-order valence-electron chi connectivity index (χ3n) is 2.73. The molecule has 0 saturated heterocycles. The lowest BCUT2D eigenvalue weighted by Crippen LogP contribution is -2.27. The van der Waals surface area contributed by atoms with Crippen molar-refractivity contribution in [2.75, 3.05) is 6.61 Å². The van der Waals surface area contributed by atoms with Crippen molar-refractivity contribution in [1.82, 2.24) is 5.16 Å². The Morgan fingerprint density at radius 1 is 1.33 bits per heavy atom. The van der Waals surface area contributed by atoms with Crippen LogP contribution in [0.4, 0.5) is 0 Å². The molecule has 1 aromatic heterocycles. The lowest BCUT2D eigenvalue weighted by molar-refractivity contribution is 0.265. The zero-order valence-corrected chi connectivity index (χ0v) is 11.0. The maximum absolute atomic E-state index is 9.01. The number of rotatable bonds is 4. The van der Waals surface area contributed by atoms with Crippen LogP contribution in [-0.4, -0.2) is 22.9 Å². The number of aryl methyl sites for hydroxylation is 1. The van der Waals surface area contributed by atoms with Crippen LogP contribution >= 0.6 is 12.4 Å². The molecule has 0 radical (unpaired) electrons. The van der Waals surface area contributed by atoms with E-state index in [1.807, 2.05) is 37.3 Å². The van der Waals surface area contributed by atoms with E-state index in [1.54, 1.807) is 0 Å². The summed E-state index contributed by atoms with van der Waals surface area (Å²) in [6, 6.07) is 9.53. The molecule has 3 N–H and O–H groups in total. The monoisotopic (exact) mass is 268 g/mol. The highest BCUT2D eigenvalue weighted by atomic mass is 35.5. The number of halogens is 1. The minimum atomic E-state index is -0.282. The summed E-state index contributed by atoms with van der Waals surface area (Å²) in [5, 5.41) is 13.1. The molecule has 0 aliphatic rings. The van der Waals surface area contributed by atoms with Gasteiger partial charge in [-0.25, -0.2) is 0 Å². The highest BCUT2D eigenvalue weighted by Gasteiger charge is 2.16. The zero-order valence-electron chi connectivity index (χ0n) is 10.2. The van der Waals surface area contributed by atoms with E-state index in [-0.39, 0.29) is 25.1 Å². The molecule has 0 amide bonds. The quantitative estimate of drug-likeness (QED) is 0.889. The highest BCUT2D eigenvalue weighted by Crippen LogP contribution is 2.25. The predicted molar refractivity (Wildman–Crippen MR) is 72.7 cm³/mol. The molecule has 0 saturated carbocycles. The molecule has 4 nitrogen and oxygen atoms in total. The number of nitrogens with two attached hydrogens (primary N) is 1. The lowest BCUT2D eigenvalue weighted by atomic mass is 10.0. The van der Waals surface area contributed by atoms with Crippen molar-refractivity contribution in [2.24, 2.45) is 5.73 Å². The molecule has 1 heterocycles. The minimum absolute atomic E-state index is 0. The second kappa shape index (κ2) is 6.54. The molecule has 5 heteroatoms. The third-order valence-corrected chi connectivity index (χ3v) is 2.73. The number of aliphatic hydroxyl groups excluding tert-OH is 1. The average Bonchev–Trinajstić information content (AvgIpc) is 2.72. The number of aromatic nitrogens is 1. The van der Waals surface area contributed by atoms with Crippen molar-refractivity contribution >= 4 is 12.4 Å². The fourth-order valence-electron chi connectivity index (χ4n) is 1.78. The summed E-state index contributed by atoms with van der Waals surface area (Å²) < 4.78 is 5.21. The van der Waals surface area contributed by atoms with E-state index in [0.717, 1.165) is 22.6 Å². The Kier molecular flexibility index (Phi) is 5.34. The van der Waals surface area contributed by atoms with Crippen LogP contribution in [0.2, 0.25) is 0 Å². The Bertz CT molecular complexity index is 485. The van der Waals surface area contributed by atoms with Gasteiger partial charge in [0.15, 0.2) is 0 Å². The van der Waals surface area contributed by atoms with Crippen molar-refractivity contribution in [2.45, 2.75) is 19.4 Å². The fourth-order valence-corrected chi connectivity index (χ4v) is 1.78. The number of nitrogens with zero attached hydrogens (tertiary/aromatic N) is 1. The summed E-state index contributed by atoms with van der Waals surface area (Å²) in [5.41, 5.74) is 8.55. The summed E-state index contributed by atoms with van der Waals surface area (Å²) in [4.78, 5) is 0. The SMILES string of the molecule is Cc1onc(-c2ccccc2)c1CC(N)CO.Cl. The largest absolute Gasteiger partial charge is 0.395 e. The van der Waals surface area contributed by atoms with Crippen molar-refractivity contribution in [3.05, 3.63) is 41.7 Å². The topological polar surface area (TPSA) is 72.3 Å². The maximum atomic E-state index is 9.01. The molecule has 1 unspecified atom stereocenters. The van der Waals surface area contributed by atoms with Crippen LogP contribution in [0.15, 0.2) is 34.9 Å². The Balaban J connectivity index is 0.00000162. The summed E-state index contributed by atoms with van der Waals surface area (Å²) in [6.07, 6.45) is 0.566. The van der Waals surface area contributed by atoms with Crippen molar-refractivity contribution in [1.29, 1.82) is 0 Å². The molecular formula is C13H17ClN2O2. The van der Waals surface area contributed by atoms with Crippen molar-refractivity contribution < 1.29 is 9.63 Å². The van der Waals surface area contributed by atoms with E-state index in [9.17, 15) is 0 Å². The van der Waals surface area contributed by atoms with Gasteiger partial charge >= 0.3 is 0 Å². The number of hydrogen-bond donors (Lipinski definition) is 2. The first kappa shape index (κ1) is 14.7. The number of benzene rings is 1. The van der Waals surface area contributed by atoms with Gasteiger partial charge in [-0.05, 0) is 13.3 Å². The van der Waals surface area contributed by atoms with E-state index in [0.29, 0.717) is 6.42 Å². The van der Waals surface area contributed by atoms with Crippen LogP contribution in [0.3, 0.4) is 0 Å². The molecule has 18 heavy (non-hydrogen) atoms. The summed E-state index contributed by atoms with van der Waals surface area (Å²) in [5.74, 6) is 0.757. The second-order valence-corrected chi connectivity index (χ2v) is 4.08. The van der Waals surface area contributed by atoms with E-state index in [4.69, 9.17) is 15.4 Å². The summed E-state index contributed by atoms with van der Waals surface area (Å²) in [7, 11) is 0. The summed E-state index contributed by atoms with van der Waals surface area (Å²) >= 11 is 0.